The summed E-state index contributed by atoms with van der Waals surface area (Å²) in [5, 5.41) is 10.6. The summed E-state index contributed by atoms with van der Waals surface area (Å²) in [6.45, 7) is 0. The molecule has 2 aromatic rings. The molecular weight excluding hydrogens is 249 g/mol. The molecule has 0 aliphatic carbocycles. The smallest absolute Gasteiger partial charge is 0.292 e. The van der Waals surface area contributed by atoms with Gasteiger partial charge in [-0.05, 0) is 29.8 Å². The van der Waals surface area contributed by atoms with E-state index in [1.807, 2.05) is 0 Å². The largest absolute Gasteiger partial charge is 0.393 e. The van der Waals surface area contributed by atoms with Crippen molar-refractivity contribution in [1.82, 2.24) is 0 Å². The molecule has 2 rings (SSSR count). The van der Waals surface area contributed by atoms with Gasteiger partial charge < -0.3 is 5.73 Å². The summed E-state index contributed by atoms with van der Waals surface area (Å²) in [6, 6.07) is 10.0. The molecule has 0 fully saturated rings. The molecule has 0 saturated heterocycles. The number of nitrogens with zero attached hydrogens (tertiary/aromatic N) is 2. The fraction of sp³-hybridized carbons (Fsp3) is 0. The first kappa shape index (κ1) is 12.7. The van der Waals surface area contributed by atoms with E-state index in [2.05, 4.69) is 4.99 Å². The number of hydrogen-bond donors (Lipinski definition) is 1. The minimum atomic E-state index is -0.553. The second kappa shape index (κ2) is 5.26. The van der Waals surface area contributed by atoms with Gasteiger partial charge >= 0.3 is 0 Å². The molecule has 6 heteroatoms. The number of nitrogen functional groups attached to an aromatic ring is 1. The maximum Gasteiger partial charge on any atom is 0.292 e. The fourth-order valence-corrected chi connectivity index (χ4v) is 1.49. The van der Waals surface area contributed by atoms with E-state index in [4.69, 9.17) is 5.73 Å². The molecule has 0 bridgehead atoms. The molecule has 0 spiro atoms. The first-order valence-corrected chi connectivity index (χ1v) is 5.40. The quantitative estimate of drug-likeness (QED) is 0.398. The van der Waals surface area contributed by atoms with Crippen molar-refractivity contribution in [2.45, 2.75) is 0 Å². The van der Waals surface area contributed by atoms with Crippen LogP contribution in [0.2, 0.25) is 0 Å². The SMILES string of the molecule is Nc1cc(N=Cc2ccc(F)cc2)ccc1[N+](=O)[O-]. The molecule has 0 aromatic heterocycles. The number of nitro groups is 1. The third kappa shape index (κ3) is 3.12. The third-order valence-corrected chi connectivity index (χ3v) is 2.44. The first-order valence-electron chi connectivity index (χ1n) is 5.40. The van der Waals surface area contributed by atoms with Gasteiger partial charge in [-0.2, -0.15) is 0 Å². The van der Waals surface area contributed by atoms with Crippen LogP contribution in [0.3, 0.4) is 0 Å². The van der Waals surface area contributed by atoms with Gasteiger partial charge in [0.2, 0.25) is 0 Å². The monoisotopic (exact) mass is 259 g/mol. The van der Waals surface area contributed by atoms with Gasteiger partial charge in [0.25, 0.3) is 5.69 Å². The maximum atomic E-state index is 12.7. The molecule has 0 atom stereocenters. The van der Waals surface area contributed by atoms with Crippen LogP contribution in [0.1, 0.15) is 5.56 Å². The Bertz CT molecular complexity index is 639. The number of rotatable bonds is 3. The number of benzene rings is 2. The maximum absolute atomic E-state index is 12.7. The lowest BCUT2D eigenvalue weighted by Gasteiger charge is -1.98. The minimum absolute atomic E-state index is 0.0544. The van der Waals surface area contributed by atoms with Crippen LogP contribution in [0.15, 0.2) is 47.5 Å². The highest BCUT2D eigenvalue weighted by atomic mass is 19.1. The van der Waals surface area contributed by atoms with Crippen molar-refractivity contribution in [3.8, 4) is 0 Å². The lowest BCUT2D eigenvalue weighted by molar-refractivity contribution is -0.383. The highest BCUT2D eigenvalue weighted by Crippen LogP contribution is 2.26. The van der Waals surface area contributed by atoms with Crippen LogP contribution in [-0.4, -0.2) is 11.1 Å². The Morgan fingerprint density at radius 1 is 1.21 bits per heavy atom. The Hall–Kier alpha value is -2.76. The van der Waals surface area contributed by atoms with E-state index in [-0.39, 0.29) is 17.2 Å². The fourth-order valence-electron chi connectivity index (χ4n) is 1.49. The molecule has 0 radical (unpaired) electrons. The Balaban J connectivity index is 2.22. The molecule has 0 unspecified atom stereocenters. The number of anilines is 1. The van der Waals surface area contributed by atoms with Gasteiger partial charge in [-0.1, -0.05) is 12.1 Å². The van der Waals surface area contributed by atoms with Crippen LogP contribution in [-0.2, 0) is 0 Å². The summed E-state index contributed by atoms with van der Waals surface area (Å²) in [4.78, 5) is 14.2. The van der Waals surface area contributed by atoms with Gasteiger partial charge in [0.1, 0.15) is 11.5 Å². The van der Waals surface area contributed by atoms with Gasteiger partial charge in [-0.3, -0.25) is 15.1 Å². The molecule has 0 amide bonds. The van der Waals surface area contributed by atoms with Crippen molar-refractivity contribution in [2.24, 2.45) is 4.99 Å². The molecule has 0 aliphatic heterocycles. The van der Waals surface area contributed by atoms with Gasteiger partial charge in [-0.25, -0.2) is 4.39 Å². The second-order valence-electron chi connectivity index (χ2n) is 3.81. The molecule has 0 saturated carbocycles. The highest BCUT2D eigenvalue weighted by Gasteiger charge is 2.10. The van der Waals surface area contributed by atoms with E-state index in [0.717, 1.165) is 5.56 Å². The van der Waals surface area contributed by atoms with Crippen LogP contribution < -0.4 is 5.73 Å². The average molecular weight is 259 g/mol. The minimum Gasteiger partial charge on any atom is -0.393 e. The van der Waals surface area contributed by atoms with E-state index in [1.165, 1.54) is 36.5 Å². The zero-order chi connectivity index (χ0) is 13.8. The predicted octanol–water partition coefficient (Wildman–Crippen LogP) is 3.07. The van der Waals surface area contributed by atoms with Gasteiger partial charge in [-0.15, -0.1) is 0 Å². The molecule has 0 aliphatic rings. The highest BCUT2D eigenvalue weighted by molar-refractivity contribution is 5.82. The number of nitro benzene ring substituents is 1. The molecule has 2 aromatic carbocycles. The lowest BCUT2D eigenvalue weighted by atomic mass is 10.2. The Morgan fingerprint density at radius 3 is 2.47 bits per heavy atom. The zero-order valence-corrected chi connectivity index (χ0v) is 9.79. The van der Waals surface area contributed by atoms with E-state index < -0.39 is 4.92 Å². The summed E-state index contributed by atoms with van der Waals surface area (Å²) >= 11 is 0. The number of halogens is 1. The van der Waals surface area contributed by atoms with E-state index >= 15 is 0 Å². The molecule has 96 valence electrons. The van der Waals surface area contributed by atoms with Crippen molar-refractivity contribution in [1.29, 1.82) is 0 Å². The van der Waals surface area contributed by atoms with Crippen molar-refractivity contribution >= 4 is 23.3 Å². The predicted molar refractivity (Wildman–Crippen MR) is 71.2 cm³/mol. The summed E-state index contributed by atoms with van der Waals surface area (Å²) in [5.41, 5.74) is 6.66. The third-order valence-electron chi connectivity index (χ3n) is 2.44. The normalized spacial score (nSPS) is 10.8. The molecule has 5 nitrogen and oxygen atoms in total. The Labute approximate surface area is 108 Å². The van der Waals surface area contributed by atoms with Crippen molar-refractivity contribution < 1.29 is 9.31 Å². The Morgan fingerprint density at radius 2 is 1.89 bits per heavy atom. The molecule has 0 heterocycles. The Kier molecular flexibility index (Phi) is 3.51. The second-order valence-corrected chi connectivity index (χ2v) is 3.81. The summed E-state index contributed by atoms with van der Waals surface area (Å²) in [6.07, 6.45) is 1.53. The van der Waals surface area contributed by atoms with Crippen molar-refractivity contribution in [2.75, 3.05) is 5.73 Å². The van der Waals surface area contributed by atoms with Gasteiger partial charge in [0.15, 0.2) is 0 Å². The first-order chi connectivity index (χ1) is 9.06. The van der Waals surface area contributed by atoms with Crippen molar-refractivity contribution in [3.05, 3.63) is 64.0 Å². The van der Waals surface area contributed by atoms with Gasteiger partial charge in [0, 0.05) is 12.3 Å². The number of hydrogen-bond acceptors (Lipinski definition) is 4. The van der Waals surface area contributed by atoms with Crippen LogP contribution >= 0.6 is 0 Å². The van der Waals surface area contributed by atoms with Crippen LogP contribution in [0.25, 0.3) is 0 Å². The van der Waals surface area contributed by atoms with E-state index in [9.17, 15) is 14.5 Å². The molecule has 2 N–H and O–H groups in total. The zero-order valence-electron chi connectivity index (χ0n) is 9.79. The average Bonchev–Trinajstić information content (AvgIpc) is 2.37. The standard InChI is InChI=1S/C13H10FN3O2/c14-10-3-1-9(2-4-10)8-16-11-5-6-13(17(18)19)12(15)7-11/h1-8H,15H2. The summed E-state index contributed by atoms with van der Waals surface area (Å²) < 4.78 is 12.7. The van der Waals surface area contributed by atoms with Crippen LogP contribution in [0, 0.1) is 15.9 Å². The number of aliphatic imine (C=N–C) groups is 1. The van der Waals surface area contributed by atoms with Crippen molar-refractivity contribution in [3.63, 3.8) is 0 Å². The molecular formula is C13H10FN3O2. The number of nitrogens with two attached hydrogens (primary N) is 1. The van der Waals surface area contributed by atoms with Gasteiger partial charge in [0.05, 0.1) is 10.6 Å². The van der Waals surface area contributed by atoms with Crippen LogP contribution in [0.5, 0.6) is 0 Å². The van der Waals surface area contributed by atoms with E-state index in [0.29, 0.717) is 5.69 Å². The lowest BCUT2D eigenvalue weighted by Crippen LogP contribution is -1.94. The topological polar surface area (TPSA) is 81.5 Å². The molecule has 19 heavy (non-hydrogen) atoms. The summed E-state index contributed by atoms with van der Waals surface area (Å²) in [7, 11) is 0. The van der Waals surface area contributed by atoms with Crippen LogP contribution in [0.4, 0.5) is 21.5 Å². The van der Waals surface area contributed by atoms with E-state index in [1.54, 1.807) is 12.1 Å². The summed E-state index contributed by atoms with van der Waals surface area (Å²) in [5.74, 6) is -0.322.